The number of aliphatic hydroxyl groups excluding tert-OH is 1. The standard InChI is InChI=1S/C10H13BrClNO2/c1-15-10-4-7(2-3-9(10)11)13-6-8(14)5-12/h2-4,8,13-14H,5-6H2,1H3. The van der Waals surface area contributed by atoms with Crippen LogP contribution in [0.3, 0.4) is 0 Å². The first kappa shape index (κ1) is 12.6. The topological polar surface area (TPSA) is 41.5 Å². The molecule has 0 aliphatic rings. The lowest BCUT2D eigenvalue weighted by molar-refractivity contribution is 0.211. The van der Waals surface area contributed by atoms with E-state index in [1.807, 2.05) is 18.2 Å². The molecule has 0 aliphatic heterocycles. The molecule has 1 atom stereocenters. The predicted molar refractivity (Wildman–Crippen MR) is 65.9 cm³/mol. The van der Waals surface area contributed by atoms with Crippen molar-refractivity contribution < 1.29 is 9.84 Å². The van der Waals surface area contributed by atoms with E-state index in [0.717, 1.165) is 15.9 Å². The minimum atomic E-state index is -0.540. The molecule has 0 aromatic heterocycles. The van der Waals surface area contributed by atoms with Crippen molar-refractivity contribution >= 4 is 33.2 Å². The normalized spacial score (nSPS) is 12.3. The number of methoxy groups -OCH3 is 1. The zero-order valence-corrected chi connectivity index (χ0v) is 10.7. The van der Waals surface area contributed by atoms with Crippen LogP contribution in [0.5, 0.6) is 5.75 Å². The summed E-state index contributed by atoms with van der Waals surface area (Å²) < 4.78 is 6.04. The average molecular weight is 295 g/mol. The van der Waals surface area contributed by atoms with Crippen molar-refractivity contribution in [3.05, 3.63) is 22.7 Å². The molecule has 1 aromatic rings. The molecule has 1 aromatic carbocycles. The van der Waals surface area contributed by atoms with Crippen molar-refractivity contribution in [2.75, 3.05) is 24.9 Å². The van der Waals surface area contributed by atoms with Gasteiger partial charge in [-0.3, -0.25) is 0 Å². The zero-order chi connectivity index (χ0) is 11.3. The molecule has 0 heterocycles. The maximum atomic E-state index is 9.27. The fourth-order valence-electron chi connectivity index (χ4n) is 1.06. The SMILES string of the molecule is COc1cc(NCC(O)CCl)ccc1Br. The molecule has 0 saturated carbocycles. The van der Waals surface area contributed by atoms with Gasteiger partial charge in [0.25, 0.3) is 0 Å². The summed E-state index contributed by atoms with van der Waals surface area (Å²) in [7, 11) is 1.61. The average Bonchev–Trinajstić information content (AvgIpc) is 2.27. The van der Waals surface area contributed by atoms with Crippen LogP contribution in [0, 0.1) is 0 Å². The number of nitrogens with one attached hydrogen (secondary N) is 1. The Labute approximate surface area is 103 Å². The second-order valence-electron chi connectivity index (χ2n) is 3.04. The molecule has 0 fully saturated rings. The number of anilines is 1. The highest BCUT2D eigenvalue weighted by molar-refractivity contribution is 9.10. The van der Waals surface area contributed by atoms with Gasteiger partial charge in [0.2, 0.25) is 0 Å². The number of aliphatic hydroxyl groups is 1. The molecular formula is C10H13BrClNO2. The summed E-state index contributed by atoms with van der Waals surface area (Å²) in [5, 5.41) is 12.3. The van der Waals surface area contributed by atoms with Gasteiger partial charge in [-0.15, -0.1) is 11.6 Å². The second kappa shape index (κ2) is 6.20. The molecule has 3 nitrogen and oxygen atoms in total. The van der Waals surface area contributed by atoms with Crippen molar-refractivity contribution in [3.63, 3.8) is 0 Å². The second-order valence-corrected chi connectivity index (χ2v) is 4.20. The molecule has 2 N–H and O–H groups in total. The quantitative estimate of drug-likeness (QED) is 0.820. The summed E-state index contributed by atoms with van der Waals surface area (Å²) in [4.78, 5) is 0. The molecular weight excluding hydrogens is 281 g/mol. The Balaban J connectivity index is 2.62. The molecule has 15 heavy (non-hydrogen) atoms. The van der Waals surface area contributed by atoms with Gasteiger partial charge in [0, 0.05) is 18.3 Å². The molecule has 84 valence electrons. The van der Waals surface area contributed by atoms with E-state index in [1.54, 1.807) is 7.11 Å². The van der Waals surface area contributed by atoms with Gasteiger partial charge in [-0.05, 0) is 28.1 Å². The lowest BCUT2D eigenvalue weighted by Crippen LogP contribution is -2.20. The number of ether oxygens (including phenoxy) is 1. The van der Waals surface area contributed by atoms with Gasteiger partial charge in [0.15, 0.2) is 0 Å². The van der Waals surface area contributed by atoms with Crippen LogP contribution in [0.25, 0.3) is 0 Å². The Morgan fingerprint density at radius 2 is 2.33 bits per heavy atom. The number of alkyl halides is 1. The lowest BCUT2D eigenvalue weighted by Gasteiger charge is -2.11. The van der Waals surface area contributed by atoms with E-state index < -0.39 is 6.10 Å². The van der Waals surface area contributed by atoms with Crippen LogP contribution in [-0.2, 0) is 0 Å². The Morgan fingerprint density at radius 1 is 1.60 bits per heavy atom. The summed E-state index contributed by atoms with van der Waals surface area (Å²) in [5.41, 5.74) is 0.888. The molecule has 0 bridgehead atoms. The van der Waals surface area contributed by atoms with Gasteiger partial charge >= 0.3 is 0 Å². The van der Waals surface area contributed by atoms with Gasteiger partial charge in [-0.1, -0.05) is 0 Å². The molecule has 0 amide bonds. The van der Waals surface area contributed by atoms with Crippen LogP contribution in [0.4, 0.5) is 5.69 Å². The molecule has 0 spiro atoms. The lowest BCUT2D eigenvalue weighted by atomic mass is 10.3. The molecule has 0 saturated heterocycles. The summed E-state index contributed by atoms with van der Waals surface area (Å²) >= 11 is 8.84. The fraction of sp³-hybridized carbons (Fsp3) is 0.400. The fourth-order valence-corrected chi connectivity index (χ4v) is 1.58. The van der Waals surface area contributed by atoms with E-state index >= 15 is 0 Å². The largest absolute Gasteiger partial charge is 0.495 e. The van der Waals surface area contributed by atoms with Gasteiger partial charge in [-0.2, -0.15) is 0 Å². The van der Waals surface area contributed by atoms with E-state index in [1.165, 1.54) is 0 Å². The van der Waals surface area contributed by atoms with Gasteiger partial charge in [0.1, 0.15) is 5.75 Å². The monoisotopic (exact) mass is 293 g/mol. The Morgan fingerprint density at radius 3 is 2.93 bits per heavy atom. The van der Waals surface area contributed by atoms with Crippen LogP contribution < -0.4 is 10.1 Å². The van der Waals surface area contributed by atoms with Crippen molar-refractivity contribution in [1.82, 2.24) is 0 Å². The third kappa shape index (κ3) is 3.89. The minimum absolute atomic E-state index is 0.223. The van der Waals surface area contributed by atoms with Crippen LogP contribution in [-0.4, -0.2) is 30.7 Å². The van der Waals surface area contributed by atoms with Crippen molar-refractivity contribution in [2.45, 2.75) is 6.10 Å². The smallest absolute Gasteiger partial charge is 0.135 e. The Kier molecular flexibility index (Phi) is 5.22. The van der Waals surface area contributed by atoms with Gasteiger partial charge in [0.05, 0.1) is 23.6 Å². The summed E-state index contributed by atoms with van der Waals surface area (Å²) in [6, 6.07) is 5.63. The molecule has 1 rings (SSSR count). The highest BCUT2D eigenvalue weighted by Gasteiger charge is 2.04. The first-order valence-electron chi connectivity index (χ1n) is 4.48. The third-order valence-electron chi connectivity index (χ3n) is 1.87. The minimum Gasteiger partial charge on any atom is -0.495 e. The van der Waals surface area contributed by atoms with Crippen molar-refractivity contribution in [2.24, 2.45) is 0 Å². The molecule has 0 radical (unpaired) electrons. The predicted octanol–water partition coefficient (Wildman–Crippen LogP) is 2.47. The molecule has 1 unspecified atom stereocenters. The first-order valence-corrected chi connectivity index (χ1v) is 5.81. The van der Waals surface area contributed by atoms with Crippen LogP contribution in [0.2, 0.25) is 0 Å². The number of hydrogen-bond donors (Lipinski definition) is 2. The van der Waals surface area contributed by atoms with E-state index in [-0.39, 0.29) is 5.88 Å². The van der Waals surface area contributed by atoms with Crippen LogP contribution in [0.15, 0.2) is 22.7 Å². The number of halogens is 2. The van der Waals surface area contributed by atoms with Crippen molar-refractivity contribution in [1.29, 1.82) is 0 Å². The molecule has 0 aliphatic carbocycles. The zero-order valence-electron chi connectivity index (χ0n) is 8.34. The molecule has 5 heteroatoms. The van der Waals surface area contributed by atoms with Crippen LogP contribution in [0.1, 0.15) is 0 Å². The maximum absolute atomic E-state index is 9.27. The summed E-state index contributed by atoms with van der Waals surface area (Å²) in [5.74, 6) is 0.973. The third-order valence-corrected chi connectivity index (χ3v) is 2.88. The number of benzene rings is 1. The first-order chi connectivity index (χ1) is 7.17. The van der Waals surface area contributed by atoms with Gasteiger partial charge < -0.3 is 15.2 Å². The highest BCUT2D eigenvalue weighted by Crippen LogP contribution is 2.27. The van der Waals surface area contributed by atoms with E-state index in [4.69, 9.17) is 16.3 Å². The van der Waals surface area contributed by atoms with E-state index in [9.17, 15) is 5.11 Å². The maximum Gasteiger partial charge on any atom is 0.135 e. The highest BCUT2D eigenvalue weighted by atomic mass is 79.9. The number of rotatable bonds is 5. The van der Waals surface area contributed by atoms with Crippen molar-refractivity contribution in [3.8, 4) is 5.75 Å². The van der Waals surface area contributed by atoms with Gasteiger partial charge in [-0.25, -0.2) is 0 Å². The Hall–Kier alpha value is -0.450. The number of hydrogen-bond acceptors (Lipinski definition) is 3. The summed E-state index contributed by atoms with van der Waals surface area (Å²) in [6.45, 7) is 0.425. The Bertz CT molecular complexity index is 322. The summed E-state index contributed by atoms with van der Waals surface area (Å²) in [6.07, 6.45) is -0.540. The van der Waals surface area contributed by atoms with Crippen LogP contribution >= 0.6 is 27.5 Å². The van der Waals surface area contributed by atoms with E-state index in [0.29, 0.717) is 6.54 Å². The van der Waals surface area contributed by atoms with E-state index in [2.05, 4.69) is 21.2 Å².